The molecule has 0 aliphatic carbocycles. The zero-order valence-corrected chi connectivity index (χ0v) is 21.5. The van der Waals surface area contributed by atoms with E-state index in [1.54, 1.807) is 26.0 Å². The SMILES string of the molecule is Cc1ccc(N(CC(=O)Nc2ccc(Cl)cc2C(F)(F)F)S(=O)(=O)c2ccc(Cl)c([N+](=O)[O-])c2)c(C)c1. The molecule has 14 heteroatoms. The first kappa shape index (κ1) is 28.2. The van der Waals surface area contributed by atoms with E-state index in [1.807, 2.05) is 0 Å². The van der Waals surface area contributed by atoms with E-state index in [9.17, 15) is 36.5 Å². The van der Waals surface area contributed by atoms with Crippen molar-refractivity contribution in [3.63, 3.8) is 0 Å². The number of carbonyl (C=O) groups excluding carboxylic acids is 1. The molecule has 0 radical (unpaired) electrons. The second-order valence-electron chi connectivity index (χ2n) is 7.91. The van der Waals surface area contributed by atoms with Gasteiger partial charge >= 0.3 is 6.18 Å². The van der Waals surface area contributed by atoms with Crippen LogP contribution in [-0.2, 0) is 21.0 Å². The molecule has 0 atom stereocenters. The van der Waals surface area contributed by atoms with Gasteiger partial charge < -0.3 is 5.32 Å². The molecule has 0 aromatic heterocycles. The highest BCUT2D eigenvalue weighted by Crippen LogP contribution is 2.37. The molecule has 0 aliphatic rings. The first-order valence-corrected chi connectivity index (χ1v) is 12.5. The molecule has 0 saturated carbocycles. The maximum absolute atomic E-state index is 13.6. The van der Waals surface area contributed by atoms with Gasteiger partial charge in [-0.2, -0.15) is 13.2 Å². The van der Waals surface area contributed by atoms with E-state index in [2.05, 4.69) is 5.32 Å². The number of nitrogens with one attached hydrogen (secondary N) is 1. The number of rotatable bonds is 7. The summed E-state index contributed by atoms with van der Waals surface area (Å²) in [6.45, 7) is 2.39. The number of nitro benzene ring substituents is 1. The van der Waals surface area contributed by atoms with E-state index in [-0.39, 0.29) is 15.7 Å². The summed E-state index contributed by atoms with van der Waals surface area (Å²) in [4.78, 5) is 22.8. The Bertz CT molecular complexity index is 1500. The number of aryl methyl sites for hydroxylation is 2. The molecule has 0 heterocycles. The fraction of sp³-hybridized carbons (Fsp3) is 0.174. The highest BCUT2D eigenvalue weighted by atomic mass is 35.5. The quantitative estimate of drug-likeness (QED) is 0.260. The third-order valence-corrected chi connectivity index (χ3v) is 7.48. The molecule has 1 N–H and O–H groups in total. The van der Waals surface area contributed by atoms with E-state index in [4.69, 9.17) is 23.2 Å². The molecule has 1 amide bonds. The minimum Gasteiger partial charge on any atom is -0.324 e. The standard InChI is InChI=1S/C23H18Cl2F3N3O5S/c1-13-3-8-20(14(2)9-13)30(37(35,36)16-5-6-18(25)21(11-16)31(33)34)12-22(32)29-19-7-4-15(24)10-17(19)23(26,27)28/h3-11H,12H2,1-2H3,(H,29,32). The lowest BCUT2D eigenvalue weighted by Crippen LogP contribution is -2.38. The van der Waals surface area contributed by atoms with Gasteiger partial charge in [0.25, 0.3) is 15.7 Å². The Labute approximate surface area is 219 Å². The Morgan fingerprint density at radius 1 is 1.05 bits per heavy atom. The topological polar surface area (TPSA) is 110 Å². The second kappa shape index (κ2) is 10.6. The number of hydrogen-bond donors (Lipinski definition) is 1. The average Bonchev–Trinajstić information content (AvgIpc) is 2.78. The largest absolute Gasteiger partial charge is 0.418 e. The van der Waals surface area contributed by atoms with Gasteiger partial charge in [-0.1, -0.05) is 40.9 Å². The summed E-state index contributed by atoms with van der Waals surface area (Å²) in [6.07, 6.45) is -4.85. The van der Waals surface area contributed by atoms with Crippen molar-refractivity contribution in [2.24, 2.45) is 0 Å². The number of benzene rings is 3. The fourth-order valence-electron chi connectivity index (χ4n) is 3.49. The van der Waals surface area contributed by atoms with E-state index >= 15 is 0 Å². The molecule has 0 unspecified atom stereocenters. The van der Waals surface area contributed by atoms with Crippen LogP contribution in [0.1, 0.15) is 16.7 Å². The van der Waals surface area contributed by atoms with Crippen LogP contribution in [0.5, 0.6) is 0 Å². The maximum Gasteiger partial charge on any atom is 0.418 e. The third kappa shape index (κ3) is 6.32. The highest BCUT2D eigenvalue weighted by molar-refractivity contribution is 7.92. The van der Waals surface area contributed by atoms with Gasteiger partial charge in [0.15, 0.2) is 0 Å². The monoisotopic (exact) mass is 575 g/mol. The van der Waals surface area contributed by atoms with Gasteiger partial charge in [0.1, 0.15) is 11.6 Å². The van der Waals surface area contributed by atoms with Crippen LogP contribution in [-0.4, -0.2) is 25.8 Å². The fourth-order valence-corrected chi connectivity index (χ4v) is 5.35. The number of sulfonamides is 1. The van der Waals surface area contributed by atoms with Crippen LogP contribution in [0.2, 0.25) is 10.0 Å². The highest BCUT2D eigenvalue weighted by Gasteiger charge is 2.35. The van der Waals surface area contributed by atoms with Crippen molar-refractivity contribution in [2.75, 3.05) is 16.2 Å². The first-order valence-electron chi connectivity index (χ1n) is 10.3. The number of nitro groups is 1. The molecular formula is C23H18Cl2F3N3O5S. The Morgan fingerprint density at radius 2 is 1.73 bits per heavy atom. The molecule has 37 heavy (non-hydrogen) atoms. The molecule has 3 aromatic rings. The summed E-state index contributed by atoms with van der Waals surface area (Å²) in [5.41, 5.74) is -1.26. The van der Waals surface area contributed by atoms with Crippen LogP contribution in [0.25, 0.3) is 0 Å². The minimum absolute atomic E-state index is 0.0468. The van der Waals surface area contributed by atoms with E-state index in [1.165, 1.54) is 6.07 Å². The molecule has 3 rings (SSSR count). The molecule has 0 saturated heterocycles. The lowest BCUT2D eigenvalue weighted by Gasteiger charge is -2.26. The van der Waals surface area contributed by atoms with Crippen molar-refractivity contribution in [1.29, 1.82) is 0 Å². The van der Waals surface area contributed by atoms with Crippen LogP contribution in [0, 0.1) is 24.0 Å². The number of anilines is 2. The van der Waals surface area contributed by atoms with Gasteiger partial charge in [-0.25, -0.2) is 8.42 Å². The van der Waals surface area contributed by atoms with Crippen molar-refractivity contribution >= 4 is 56.2 Å². The molecule has 0 aliphatic heterocycles. The summed E-state index contributed by atoms with van der Waals surface area (Å²) in [7, 11) is -4.63. The molecular weight excluding hydrogens is 558 g/mol. The molecule has 0 spiro atoms. The predicted octanol–water partition coefficient (Wildman–Crippen LogP) is 6.37. The maximum atomic E-state index is 13.6. The van der Waals surface area contributed by atoms with Gasteiger partial charge in [-0.05, 0) is 55.8 Å². The first-order chi connectivity index (χ1) is 17.1. The summed E-state index contributed by atoms with van der Waals surface area (Å²) in [5.74, 6) is -1.10. The van der Waals surface area contributed by atoms with Crippen LogP contribution >= 0.6 is 23.2 Å². The van der Waals surface area contributed by atoms with Crippen molar-refractivity contribution in [3.8, 4) is 0 Å². The Kier molecular flexibility index (Phi) is 8.06. The second-order valence-corrected chi connectivity index (χ2v) is 10.6. The lowest BCUT2D eigenvalue weighted by molar-refractivity contribution is -0.384. The van der Waals surface area contributed by atoms with Crippen LogP contribution in [0.3, 0.4) is 0 Å². The van der Waals surface area contributed by atoms with Crippen LogP contribution < -0.4 is 9.62 Å². The molecule has 196 valence electrons. The molecule has 8 nitrogen and oxygen atoms in total. The number of halogens is 5. The van der Waals surface area contributed by atoms with Crippen molar-refractivity contribution in [3.05, 3.63) is 91.4 Å². The van der Waals surface area contributed by atoms with E-state index in [0.29, 0.717) is 15.9 Å². The van der Waals surface area contributed by atoms with E-state index < -0.39 is 55.4 Å². The Balaban J connectivity index is 2.08. The average molecular weight is 576 g/mol. The predicted molar refractivity (Wildman–Crippen MR) is 134 cm³/mol. The van der Waals surface area contributed by atoms with Crippen molar-refractivity contribution in [2.45, 2.75) is 24.9 Å². The number of amides is 1. The summed E-state index contributed by atoms with van der Waals surface area (Å²) >= 11 is 11.5. The zero-order chi connectivity index (χ0) is 27.7. The lowest BCUT2D eigenvalue weighted by atomic mass is 10.1. The van der Waals surface area contributed by atoms with Gasteiger partial charge in [0, 0.05) is 11.1 Å². The summed E-state index contributed by atoms with van der Waals surface area (Å²) < 4.78 is 68.2. The third-order valence-electron chi connectivity index (χ3n) is 5.17. The van der Waals surface area contributed by atoms with Crippen molar-refractivity contribution in [1.82, 2.24) is 0 Å². The summed E-state index contributed by atoms with van der Waals surface area (Å²) in [5, 5.41) is 12.9. The smallest absolute Gasteiger partial charge is 0.324 e. The van der Waals surface area contributed by atoms with Crippen LogP contribution in [0.4, 0.5) is 30.2 Å². The Hall–Kier alpha value is -3.35. The number of nitrogens with zero attached hydrogens (tertiary/aromatic N) is 2. The summed E-state index contributed by atoms with van der Waals surface area (Å²) in [6, 6.07) is 10.1. The van der Waals surface area contributed by atoms with Crippen LogP contribution in [0.15, 0.2) is 59.5 Å². The number of carbonyl (C=O) groups is 1. The van der Waals surface area contributed by atoms with Gasteiger partial charge in [-0.15, -0.1) is 0 Å². The molecule has 0 bridgehead atoms. The van der Waals surface area contributed by atoms with Crippen molar-refractivity contribution < 1.29 is 31.3 Å². The number of alkyl halides is 3. The number of hydrogen-bond acceptors (Lipinski definition) is 5. The van der Waals surface area contributed by atoms with Gasteiger partial charge in [-0.3, -0.25) is 19.2 Å². The molecule has 3 aromatic carbocycles. The minimum atomic E-state index is -4.85. The van der Waals surface area contributed by atoms with Gasteiger partial charge in [0.2, 0.25) is 5.91 Å². The zero-order valence-electron chi connectivity index (χ0n) is 19.1. The van der Waals surface area contributed by atoms with Gasteiger partial charge in [0.05, 0.1) is 26.8 Å². The van der Waals surface area contributed by atoms with E-state index in [0.717, 1.165) is 35.9 Å². The Morgan fingerprint density at radius 3 is 2.32 bits per heavy atom. The normalized spacial score (nSPS) is 11.8. The molecule has 0 fully saturated rings.